The molecular weight excluding hydrogens is 184 g/mol. The number of hydrogen-bond acceptors (Lipinski definition) is 2. The fraction of sp³-hybridized carbons (Fsp3) is 0.462. The summed E-state index contributed by atoms with van der Waals surface area (Å²) in [6, 6.07) is 7.99. The van der Waals surface area contributed by atoms with E-state index in [9.17, 15) is 0 Å². The number of anilines is 1. The van der Waals surface area contributed by atoms with Crippen LogP contribution in [0.5, 0.6) is 0 Å². The van der Waals surface area contributed by atoms with Gasteiger partial charge in [0.1, 0.15) is 6.07 Å². The van der Waals surface area contributed by atoms with E-state index in [-0.39, 0.29) is 0 Å². The van der Waals surface area contributed by atoms with Gasteiger partial charge in [-0.3, -0.25) is 0 Å². The van der Waals surface area contributed by atoms with Crippen molar-refractivity contribution in [2.24, 2.45) is 0 Å². The van der Waals surface area contributed by atoms with Crippen LogP contribution in [0.4, 0.5) is 5.69 Å². The third kappa shape index (κ3) is 2.12. The minimum Gasteiger partial charge on any atom is -0.398 e. The Morgan fingerprint density at radius 1 is 1.20 bits per heavy atom. The van der Waals surface area contributed by atoms with Crippen molar-refractivity contribution in [3.63, 3.8) is 0 Å². The van der Waals surface area contributed by atoms with Crippen LogP contribution in [0.3, 0.4) is 0 Å². The minimum atomic E-state index is 0.592. The number of rotatable bonds is 1. The molecule has 0 aromatic heterocycles. The van der Waals surface area contributed by atoms with Crippen molar-refractivity contribution in [1.29, 1.82) is 5.26 Å². The molecule has 2 heteroatoms. The van der Waals surface area contributed by atoms with Crippen LogP contribution in [0.1, 0.15) is 49.1 Å². The van der Waals surface area contributed by atoms with E-state index in [1.54, 1.807) is 0 Å². The van der Waals surface area contributed by atoms with E-state index in [0.29, 0.717) is 17.2 Å². The van der Waals surface area contributed by atoms with Crippen LogP contribution in [0.25, 0.3) is 0 Å². The van der Waals surface area contributed by atoms with Gasteiger partial charge in [0.25, 0.3) is 0 Å². The summed E-state index contributed by atoms with van der Waals surface area (Å²) >= 11 is 0. The summed E-state index contributed by atoms with van der Waals surface area (Å²) in [6.45, 7) is 0. The third-order valence-corrected chi connectivity index (χ3v) is 3.27. The summed E-state index contributed by atoms with van der Waals surface area (Å²) < 4.78 is 0. The van der Waals surface area contributed by atoms with Crippen molar-refractivity contribution < 1.29 is 0 Å². The Morgan fingerprint density at radius 3 is 2.53 bits per heavy atom. The molecule has 0 aliphatic heterocycles. The summed E-state index contributed by atoms with van der Waals surface area (Å²) in [5, 5.41) is 8.79. The van der Waals surface area contributed by atoms with Crippen LogP contribution >= 0.6 is 0 Å². The summed E-state index contributed by atoms with van der Waals surface area (Å²) in [5.74, 6) is 0.661. The molecule has 0 unspecified atom stereocenters. The van der Waals surface area contributed by atoms with Gasteiger partial charge in [-0.1, -0.05) is 25.3 Å². The largest absolute Gasteiger partial charge is 0.398 e. The molecule has 2 N–H and O–H groups in total. The van der Waals surface area contributed by atoms with Crippen molar-refractivity contribution in [1.82, 2.24) is 0 Å². The fourth-order valence-corrected chi connectivity index (χ4v) is 2.37. The Hall–Kier alpha value is -1.49. The van der Waals surface area contributed by atoms with Crippen molar-refractivity contribution in [3.8, 4) is 6.07 Å². The monoisotopic (exact) mass is 200 g/mol. The first-order valence-electron chi connectivity index (χ1n) is 5.61. The first-order valence-corrected chi connectivity index (χ1v) is 5.61. The highest BCUT2D eigenvalue weighted by molar-refractivity contribution is 5.55. The van der Waals surface area contributed by atoms with Gasteiger partial charge < -0.3 is 5.73 Å². The molecule has 78 valence electrons. The molecule has 2 rings (SSSR count). The minimum absolute atomic E-state index is 0.592. The van der Waals surface area contributed by atoms with Crippen molar-refractivity contribution in [2.75, 3.05) is 5.73 Å². The Bertz CT molecular complexity index is 384. The van der Waals surface area contributed by atoms with Gasteiger partial charge >= 0.3 is 0 Å². The Balaban J connectivity index is 2.22. The molecule has 1 aromatic rings. The molecule has 1 aliphatic rings. The van der Waals surface area contributed by atoms with Crippen molar-refractivity contribution >= 4 is 5.69 Å². The zero-order chi connectivity index (χ0) is 10.7. The molecule has 1 fully saturated rings. The van der Waals surface area contributed by atoms with E-state index in [4.69, 9.17) is 11.0 Å². The van der Waals surface area contributed by atoms with Gasteiger partial charge in [0.05, 0.1) is 5.56 Å². The molecule has 0 spiro atoms. The van der Waals surface area contributed by atoms with Crippen LogP contribution in [-0.4, -0.2) is 0 Å². The van der Waals surface area contributed by atoms with Gasteiger partial charge in [-0.15, -0.1) is 0 Å². The second-order valence-corrected chi connectivity index (χ2v) is 4.29. The average molecular weight is 200 g/mol. The maximum Gasteiger partial charge on any atom is 0.101 e. The molecule has 2 nitrogen and oxygen atoms in total. The zero-order valence-corrected chi connectivity index (χ0v) is 8.87. The summed E-state index contributed by atoms with van der Waals surface area (Å²) in [5.41, 5.74) is 8.35. The molecule has 1 aromatic carbocycles. The Labute approximate surface area is 90.7 Å². The molecule has 1 aliphatic carbocycles. The van der Waals surface area contributed by atoms with E-state index in [2.05, 4.69) is 12.1 Å². The molecule has 1 saturated carbocycles. The van der Waals surface area contributed by atoms with Crippen LogP contribution in [-0.2, 0) is 0 Å². The lowest BCUT2D eigenvalue weighted by molar-refractivity contribution is 0.444. The van der Waals surface area contributed by atoms with Gasteiger partial charge in [-0.2, -0.15) is 5.26 Å². The SMILES string of the molecule is N#Cc1ccc(C2CCCCC2)cc1N. The second kappa shape index (κ2) is 4.35. The molecule has 0 saturated heterocycles. The van der Waals surface area contributed by atoms with E-state index in [0.717, 1.165) is 0 Å². The smallest absolute Gasteiger partial charge is 0.101 e. The first-order chi connectivity index (χ1) is 7.31. The van der Waals surface area contributed by atoms with E-state index >= 15 is 0 Å². The lowest BCUT2D eigenvalue weighted by Crippen LogP contribution is -2.05. The molecule has 0 atom stereocenters. The molecular formula is C13H16N2. The highest BCUT2D eigenvalue weighted by atomic mass is 14.6. The van der Waals surface area contributed by atoms with E-state index in [1.165, 1.54) is 37.7 Å². The van der Waals surface area contributed by atoms with Crippen LogP contribution in [0.2, 0.25) is 0 Å². The van der Waals surface area contributed by atoms with E-state index in [1.807, 2.05) is 12.1 Å². The predicted molar refractivity (Wildman–Crippen MR) is 61.4 cm³/mol. The van der Waals surface area contributed by atoms with Gasteiger partial charge in [0.2, 0.25) is 0 Å². The zero-order valence-electron chi connectivity index (χ0n) is 8.87. The van der Waals surface area contributed by atoms with Crippen molar-refractivity contribution in [3.05, 3.63) is 29.3 Å². The quantitative estimate of drug-likeness (QED) is 0.708. The fourth-order valence-electron chi connectivity index (χ4n) is 2.37. The third-order valence-electron chi connectivity index (χ3n) is 3.27. The molecule has 0 amide bonds. The molecule has 15 heavy (non-hydrogen) atoms. The molecule has 0 radical (unpaired) electrons. The summed E-state index contributed by atoms with van der Waals surface area (Å²) in [6.07, 6.45) is 6.55. The first kappa shape index (κ1) is 10.0. The van der Waals surface area contributed by atoms with Crippen LogP contribution in [0, 0.1) is 11.3 Å². The normalized spacial score (nSPS) is 17.3. The lowest BCUT2D eigenvalue weighted by Gasteiger charge is -2.22. The van der Waals surface area contributed by atoms with Gasteiger partial charge in [0, 0.05) is 5.69 Å². The number of benzene rings is 1. The second-order valence-electron chi connectivity index (χ2n) is 4.29. The average Bonchev–Trinajstić information content (AvgIpc) is 2.30. The standard InChI is InChI=1S/C13H16N2/c14-9-12-7-6-11(8-13(12)15)10-4-2-1-3-5-10/h6-8,10H,1-5,15H2. The number of nitrogens with two attached hydrogens (primary N) is 1. The maximum absolute atomic E-state index is 8.79. The summed E-state index contributed by atoms with van der Waals surface area (Å²) in [4.78, 5) is 0. The molecule has 0 heterocycles. The maximum atomic E-state index is 8.79. The predicted octanol–water partition coefficient (Wildman–Crippen LogP) is 3.19. The topological polar surface area (TPSA) is 49.8 Å². The highest BCUT2D eigenvalue weighted by Gasteiger charge is 2.15. The van der Waals surface area contributed by atoms with Gasteiger partial charge in [0.15, 0.2) is 0 Å². The van der Waals surface area contributed by atoms with Gasteiger partial charge in [-0.25, -0.2) is 0 Å². The number of nitrogens with zero attached hydrogens (tertiary/aromatic N) is 1. The number of nitrogen functional groups attached to an aromatic ring is 1. The Morgan fingerprint density at radius 2 is 1.93 bits per heavy atom. The van der Waals surface area contributed by atoms with E-state index < -0.39 is 0 Å². The van der Waals surface area contributed by atoms with Gasteiger partial charge in [-0.05, 0) is 36.5 Å². The van der Waals surface area contributed by atoms with Crippen LogP contribution < -0.4 is 5.73 Å². The number of nitriles is 1. The summed E-state index contributed by atoms with van der Waals surface area (Å²) in [7, 11) is 0. The Kier molecular flexibility index (Phi) is 2.91. The number of hydrogen-bond donors (Lipinski definition) is 1. The van der Waals surface area contributed by atoms with Crippen molar-refractivity contribution in [2.45, 2.75) is 38.0 Å². The molecule has 0 bridgehead atoms. The van der Waals surface area contributed by atoms with Crippen LogP contribution in [0.15, 0.2) is 18.2 Å². The highest BCUT2D eigenvalue weighted by Crippen LogP contribution is 2.33. The lowest BCUT2D eigenvalue weighted by atomic mass is 9.84.